The van der Waals surface area contributed by atoms with Gasteiger partial charge in [-0.05, 0) is 23.6 Å². The molecule has 2 N–H and O–H groups in total. The zero-order valence-electron chi connectivity index (χ0n) is 13.6. The van der Waals surface area contributed by atoms with Crippen molar-refractivity contribution in [3.63, 3.8) is 0 Å². The highest BCUT2D eigenvalue weighted by Crippen LogP contribution is 2.30. The number of urea groups is 1. The molecule has 3 aromatic carbocycles. The highest BCUT2D eigenvalue weighted by atomic mass is 16.6. The molecule has 3 aromatic rings. The molecular weight excluding hydrogens is 316 g/mol. The van der Waals surface area contributed by atoms with E-state index in [2.05, 4.69) is 10.6 Å². The largest absolute Gasteiger partial charge is 0.486 e. The molecule has 0 bridgehead atoms. The first kappa shape index (κ1) is 15.3. The van der Waals surface area contributed by atoms with Crippen LogP contribution in [-0.2, 0) is 0 Å². The molecule has 25 heavy (non-hydrogen) atoms. The van der Waals surface area contributed by atoms with Gasteiger partial charge in [-0.1, -0.05) is 48.5 Å². The van der Waals surface area contributed by atoms with Crippen LogP contribution in [0.15, 0.2) is 66.7 Å². The van der Waals surface area contributed by atoms with Gasteiger partial charge in [0.25, 0.3) is 0 Å². The maximum Gasteiger partial charge on any atom is 0.319 e. The van der Waals surface area contributed by atoms with Crippen molar-refractivity contribution in [3.8, 4) is 11.5 Å². The van der Waals surface area contributed by atoms with Gasteiger partial charge in [0.1, 0.15) is 6.61 Å². The van der Waals surface area contributed by atoms with Gasteiger partial charge >= 0.3 is 6.03 Å². The number of amides is 2. The van der Waals surface area contributed by atoms with Crippen LogP contribution in [0.4, 0.5) is 10.5 Å². The van der Waals surface area contributed by atoms with Gasteiger partial charge in [-0.2, -0.15) is 0 Å². The molecular formula is C20H18N2O3. The van der Waals surface area contributed by atoms with E-state index in [4.69, 9.17) is 9.47 Å². The first-order valence-corrected chi connectivity index (χ1v) is 8.21. The van der Waals surface area contributed by atoms with Gasteiger partial charge in [0, 0.05) is 5.39 Å². The number of anilines is 1. The average molecular weight is 334 g/mol. The molecule has 0 unspecified atom stereocenters. The Labute approximate surface area is 145 Å². The second-order valence-corrected chi connectivity index (χ2v) is 5.86. The van der Waals surface area contributed by atoms with E-state index < -0.39 is 0 Å². The van der Waals surface area contributed by atoms with Crippen LogP contribution in [0, 0.1) is 0 Å². The number of ether oxygens (including phenoxy) is 2. The minimum Gasteiger partial charge on any atom is -0.486 e. The lowest BCUT2D eigenvalue weighted by atomic mass is 10.1. The predicted molar refractivity (Wildman–Crippen MR) is 97.3 cm³/mol. The van der Waals surface area contributed by atoms with Crippen LogP contribution in [0.25, 0.3) is 10.8 Å². The molecule has 0 fully saturated rings. The molecule has 1 aliphatic heterocycles. The monoisotopic (exact) mass is 334 g/mol. The summed E-state index contributed by atoms with van der Waals surface area (Å²) in [7, 11) is 0. The zero-order valence-corrected chi connectivity index (χ0v) is 13.6. The Bertz CT molecular complexity index is 905. The van der Waals surface area contributed by atoms with Crippen LogP contribution in [0.2, 0.25) is 0 Å². The lowest BCUT2D eigenvalue weighted by molar-refractivity contribution is 0.0922. The molecule has 0 saturated carbocycles. The van der Waals surface area contributed by atoms with Crippen LogP contribution >= 0.6 is 0 Å². The van der Waals surface area contributed by atoms with Crippen LogP contribution < -0.4 is 20.1 Å². The Morgan fingerprint density at radius 2 is 1.72 bits per heavy atom. The summed E-state index contributed by atoms with van der Waals surface area (Å²) in [6, 6.07) is 21.0. The van der Waals surface area contributed by atoms with Gasteiger partial charge in [0.2, 0.25) is 0 Å². The van der Waals surface area contributed by atoms with Crippen molar-refractivity contribution in [3.05, 3.63) is 66.7 Å². The Kier molecular flexibility index (Phi) is 4.12. The molecule has 2 amide bonds. The molecule has 1 aliphatic rings. The van der Waals surface area contributed by atoms with Crippen LogP contribution in [-0.4, -0.2) is 25.3 Å². The number of nitrogens with one attached hydrogen (secondary N) is 2. The molecule has 5 nitrogen and oxygen atoms in total. The number of para-hydroxylation sites is 2. The van der Waals surface area contributed by atoms with Gasteiger partial charge in [0.05, 0.1) is 12.2 Å². The summed E-state index contributed by atoms with van der Waals surface area (Å²) in [5, 5.41) is 7.83. The van der Waals surface area contributed by atoms with Gasteiger partial charge in [-0.15, -0.1) is 0 Å². The summed E-state index contributed by atoms with van der Waals surface area (Å²) in [6.07, 6.45) is -0.215. The first-order chi connectivity index (χ1) is 12.3. The highest BCUT2D eigenvalue weighted by molar-refractivity contribution is 6.01. The number of carbonyl (C=O) groups excluding carboxylic acids is 1. The van der Waals surface area contributed by atoms with Crippen molar-refractivity contribution in [1.82, 2.24) is 5.32 Å². The minimum absolute atomic E-state index is 0.215. The standard InChI is InChI=1S/C20H18N2O3/c23-20(22-17-9-5-7-14-6-1-2-8-16(14)17)21-12-15-13-24-18-10-3-4-11-19(18)25-15/h1-11,15H,12-13H2,(H2,21,22,23)/t15-/m0/s1. The second-order valence-electron chi connectivity index (χ2n) is 5.86. The van der Waals surface area contributed by atoms with Gasteiger partial charge in [0.15, 0.2) is 17.6 Å². The summed E-state index contributed by atoms with van der Waals surface area (Å²) in [6.45, 7) is 0.774. The lowest BCUT2D eigenvalue weighted by Crippen LogP contribution is -2.42. The quantitative estimate of drug-likeness (QED) is 0.766. The van der Waals surface area contributed by atoms with Crippen LogP contribution in [0.5, 0.6) is 11.5 Å². The fourth-order valence-electron chi connectivity index (χ4n) is 2.87. The number of benzene rings is 3. The number of fused-ring (bicyclic) bond motifs is 2. The van der Waals surface area contributed by atoms with E-state index in [1.807, 2.05) is 66.7 Å². The fraction of sp³-hybridized carbons (Fsp3) is 0.150. The molecule has 1 atom stereocenters. The van der Waals surface area contributed by atoms with Crippen molar-refractivity contribution >= 4 is 22.5 Å². The Morgan fingerprint density at radius 3 is 2.64 bits per heavy atom. The minimum atomic E-state index is -0.265. The Morgan fingerprint density at radius 1 is 0.960 bits per heavy atom. The first-order valence-electron chi connectivity index (χ1n) is 8.21. The summed E-state index contributed by atoms with van der Waals surface area (Å²) >= 11 is 0. The fourth-order valence-corrected chi connectivity index (χ4v) is 2.87. The van der Waals surface area contributed by atoms with Crippen molar-refractivity contribution in [2.45, 2.75) is 6.10 Å². The summed E-state index contributed by atoms with van der Waals surface area (Å²) in [4.78, 5) is 12.2. The van der Waals surface area contributed by atoms with Crippen molar-refractivity contribution in [2.75, 3.05) is 18.5 Å². The summed E-state index contributed by atoms with van der Waals surface area (Å²) in [5.74, 6) is 1.44. The molecule has 0 aliphatic carbocycles. The molecule has 0 aromatic heterocycles. The van der Waals surface area contributed by atoms with Crippen LogP contribution in [0.3, 0.4) is 0 Å². The molecule has 0 radical (unpaired) electrons. The predicted octanol–water partition coefficient (Wildman–Crippen LogP) is 3.80. The average Bonchev–Trinajstić information content (AvgIpc) is 2.66. The van der Waals surface area contributed by atoms with Crippen LogP contribution in [0.1, 0.15) is 0 Å². The smallest absolute Gasteiger partial charge is 0.319 e. The Hall–Kier alpha value is -3.21. The molecule has 5 heteroatoms. The molecule has 126 valence electrons. The maximum atomic E-state index is 12.2. The third-order valence-corrected chi connectivity index (χ3v) is 4.10. The van der Waals surface area contributed by atoms with Crippen molar-refractivity contribution < 1.29 is 14.3 Å². The SMILES string of the molecule is O=C(NC[C@H]1COc2ccccc2O1)Nc1cccc2ccccc12. The van der Waals surface area contributed by atoms with E-state index >= 15 is 0 Å². The normalized spacial score (nSPS) is 15.6. The Balaban J connectivity index is 1.37. The number of hydrogen-bond acceptors (Lipinski definition) is 3. The maximum absolute atomic E-state index is 12.2. The van der Waals surface area contributed by atoms with Gasteiger partial charge in [-0.3, -0.25) is 0 Å². The molecule has 1 heterocycles. The van der Waals surface area contributed by atoms with Crippen molar-refractivity contribution in [2.24, 2.45) is 0 Å². The van der Waals surface area contributed by atoms with Crippen molar-refractivity contribution in [1.29, 1.82) is 0 Å². The van der Waals surface area contributed by atoms with E-state index in [0.29, 0.717) is 18.9 Å². The lowest BCUT2D eigenvalue weighted by Gasteiger charge is -2.26. The third kappa shape index (κ3) is 3.35. The summed E-state index contributed by atoms with van der Waals surface area (Å²) < 4.78 is 11.5. The topological polar surface area (TPSA) is 59.6 Å². The second kappa shape index (κ2) is 6.73. The van der Waals surface area contributed by atoms with E-state index in [9.17, 15) is 4.79 Å². The molecule has 0 spiro atoms. The number of rotatable bonds is 3. The highest BCUT2D eigenvalue weighted by Gasteiger charge is 2.21. The van der Waals surface area contributed by atoms with E-state index in [1.54, 1.807) is 0 Å². The van der Waals surface area contributed by atoms with E-state index in [-0.39, 0.29) is 12.1 Å². The van der Waals surface area contributed by atoms with Gasteiger partial charge in [-0.25, -0.2) is 4.79 Å². The van der Waals surface area contributed by atoms with Gasteiger partial charge < -0.3 is 20.1 Å². The summed E-state index contributed by atoms with van der Waals surface area (Å²) in [5.41, 5.74) is 0.779. The number of carbonyl (C=O) groups is 1. The zero-order chi connectivity index (χ0) is 17.1. The molecule has 4 rings (SSSR count). The third-order valence-electron chi connectivity index (χ3n) is 4.10. The number of hydrogen-bond donors (Lipinski definition) is 2. The van der Waals surface area contributed by atoms with E-state index in [1.165, 1.54) is 0 Å². The molecule has 0 saturated heterocycles. The van der Waals surface area contributed by atoms with E-state index in [0.717, 1.165) is 22.2 Å².